The number of nitrogens with one attached hydrogen (secondary N) is 1. The molecule has 1 aliphatic carbocycles. The van der Waals surface area contributed by atoms with Crippen molar-refractivity contribution in [1.82, 2.24) is 10.3 Å². The summed E-state index contributed by atoms with van der Waals surface area (Å²) in [7, 11) is 1.50. The molecule has 1 aliphatic rings. The minimum atomic E-state index is -2.24. The zero-order chi connectivity index (χ0) is 18.0. The molecule has 0 saturated heterocycles. The van der Waals surface area contributed by atoms with Crippen LogP contribution in [0.4, 0.5) is 4.39 Å². The number of aromatic nitrogens is 1. The molecule has 2 aromatic rings. The van der Waals surface area contributed by atoms with Gasteiger partial charge in [0.1, 0.15) is 5.75 Å². The maximum absolute atomic E-state index is 15.5. The Labute approximate surface area is 149 Å². The van der Waals surface area contributed by atoms with Gasteiger partial charge in [-0.15, -0.1) is 0 Å². The number of halogens is 2. The SMILES string of the molecule is COc1cccc(Cl)c1CNC(=O)C1(F)CCC(O)c2ncccc21. The van der Waals surface area contributed by atoms with Crippen LogP contribution in [-0.4, -0.2) is 23.1 Å². The van der Waals surface area contributed by atoms with Crippen molar-refractivity contribution in [1.29, 1.82) is 0 Å². The number of fused-ring (bicyclic) bond motifs is 1. The quantitative estimate of drug-likeness (QED) is 0.874. The Hall–Kier alpha value is -2.18. The van der Waals surface area contributed by atoms with Crippen molar-refractivity contribution in [2.75, 3.05) is 7.11 Å². The average Bonchev–Trinajstić information content (AvgIpc) is 2.63. The maximum Gasteiger partial charge on any atom is 0.262 e. The summed E-state index contributed by atoms with van der Waals surface area (Å²) >= 11 is 6.14. The lowest BCUT2D eigenvalue weighted by atomic mass is 9.81. The second-order valence-electron chi connectivity index (χ2n) is 5.90. The molecule has 1 amide bonds. The Bertz CT molecular complexity index is 802. The van der Waals surface area contributed by atoms with Gasteiger partial charge in [0, 0.05) is 28.9 Å². The average molecular weight is 365 g/mol. The monoisotopic (exact) mass is 364 g/mol. The third kappa shape index (κ3) is 3.19. The summed E-state index contributed by atoms with van der Waals surface area (Å²) in [6.07, 6.45) is 0.624. The number of alkyl halides is 1. The van der Waals surface area contributed by atoms with Crippen molar-refractivity contribution in [2.45, 2.75) is 31.2 Å². The van der Waals surface area contributed by atoms with E-state index in [-0.39, 0.29) is 30.6 Å². The Morgan fingerprint density at radius 3 is 3.04 bits per heavy atom. The lowest BCUT2D eigenvalue weighted by Crippen LogP contribution is -2.44. The Kier molecular flexibility index (Phi) is 4.92. The fraction of sp³-hybridized carbons (Fsp3) is 0.333. The first kappa shape index (κ1) is 17.6. The van der Waals surface area contributed by atoms with Crippen LogP contribution in [0.15, 0.2) is 36.5 Å². The number of carbonyl (C=O) groups excluding carboxylic acids is 1. The molecule has 0 bridgehead atoms. The maximum atomic E-state index is 15.5. The molecule has 2 atom stereocenters. The summed E-state index contributed by atoms with van der Waals surface area (Å²) in [5, 5.41) is 13.0. The molecule has 7 heteroatoms. The second-order valence-corrected chi connectivity index (χ2v) is 6.30. The predicted molar refractivity (Wildman–Crippen MR) is 91.1 cm³/mol. The Morgan fingerprint density at radius 1 is 1.48 bits per heavy atom. The highest BCUT2D eigenvalue weighted by Gasteiger charge is 2.46. The van der Waals surface area contributed by atoms with E-state index in [1.807, 2.05) is 0 Å². The first-order chi connectivity index (χ1) is 12.0. The molecule has 5 nitrogen and oxygen atoms in total. The zero-order valence-electron chi connectivity index (χ0n) is 13.6. The van der Waals surface area contributed by atoms with E-state index in [0.29, 0.717) is 16.3 Å². The summed E-state index contributed by atoms with van der Waals surface area (Å²) in [5.41, 5.74) is -1.35. The molecule has 1 heterocycles. The lowest BCUT2D eigenvalue weighted by molar-refractivity contribution is -0.135. The van der Waals surface area contributed by atoms with E-state index in [2.05, 4.69) is 10.3 Å². The highest BCUT2D eigenvalue weighted by Crippen LogP contribution is 2.42. The van der Waals surface area contributed by atoms with Crippen LogP contribution in [0.5, 0.6) is 5.75 Å². The fourth-order valence-corrected chi connectivity index (χ4v) is 3.30. The Morgan fingerprint density at radius 2 is 2.28 bits per heavy atom. The number of benzene rings is 1. The first-order valence-electron chi connectivity index (χ1n) is 7.89. The van der Waals surface area contributed by atoms with Crippen molar-refractivity contribution < 1.29 is 19.0 Å². The van der Waals surface area contributed by atoms with E-state index < -0.39 is 17.7 Å². The molecule has 0 radical (unpaired) electrons. The van der Waals surface area contributed by atoms with Gasteiger partial charge >= 0.3 is 0 Å². The molecule has 0 saturated carbocycles. The van der Waals surface area contributed by atoms with Gasteiger partial charge in [-0.2, -0.15) is 0 Å². The van der Waals surface area contributed by atoms with Gasteiger partial charge in [-0.3, -0.25) is 9.78 Å². The molecule has 1 aromatic heterocycles. The molecule has 132 valence electrons. The molecule has 1 aromatic carbocycles. The number of rotatable bonds is 4. The van der Waals surface area contributed by atoms with Crippen molar-refractivity contribution in [3.05, 3.63) is 58.4 Å². The third-order valence-electron chi connectivity index (χ3n) is 4.42. The smallest absolute Gasteiger partial charge is 0.262 e. The van der Waals surface area contributed by atoms with Crippen molar-refractivity contribution >= 4 is 17.5 Å². The van der Waals surface area contributed by atoms with Gasteiger partial charge in [0.25, 0.3) is 5.91 Å². The highest BCUT2D eigenvalue weighted by molar-refractivity contribution is 6.31. The largest absolute Gasteiger partial charge is 0.496 e. The van der Waals surface area contributed by atoms with Crippen LogP contribution in [0.3, 0.4) is 0 Å². The van der Waals surface area contributed by atoms with Crippen molar-refractivity contribution in [3.63, 3.8) is 0 Å². The fourth-order valence-electron chi connectivity index (χ4n) is 3.07. The second kappa shape index (κ2) is 6.98. The number of aliphatic hydroxyl groups is 1. The zero-order valence-corrected chi connectivity index (χ0v) is 14.4. The number of methoxy groups -OCH3 is 1. The van der Waals surface area contributed by atoms with Crippen LogP contribution in [0, 0.1) is 0 Å². The van der Waals surface area contributed by atoms with Gasteiger partial charge in [-0.1, -0.05) is 23.7 Å². The van der Waals surface area contributed by atoms with Crippen molar-refractivity contribution in [3.8, 4) is 5.75 Å². The molecular formula is C18H18ClFN2O3. The van der Waals surface area contributed by atoms with Gasteiger partial charge in [-0.05, 0) is 31.0 Å². The molecular weight excluding hydrogens is 347 g/mol. The van der Waals surface area contributed by atoms with Crippen LogP contribution in [0.2, 0.25) is 5.02 Å². The van der Waals surface area contributed by atoms with Crippen LogP contribution >= 0.6 is 11.6 Å². The van der Waals surface area contributed by atoms with Gasteiger partial charge in [0.05, 0.1) is 18.9 Å². The molecule has 0 spiro atoms. The Balaban J connectivity index is 1.84. The van der Waals surface area contributed by atoms with Crippen LogP contribution < -0.4 is 10.1 Å². The minimum absolute atomic E-state index is 0.0332. The number of carbonyl (C=O) groups is 1. The summed E-state index contributed by atoms with van der Waals surface area (Å²) in [6, 6.07) is 8.16. The summed E-state index contributed by atoms with van der Waals surface area (Å²) in [6.45, 7) is 0.0332. The van der Waals surface area contributed by atoms with E-state index in [9.17, 15) is 9.90 Å². The van der Waals surface area contributed by atoms with Gasteiger partial charge < -0.3 is 15.2 Å². The van der Waals surface area contributed by atoms with Crippen molar-refractivity contribution in [2.24, 2.45) is 0 Å². The number of hydrogen-bond acceptors (Lipinski definition) is 4. The van der Waals surface area contributed by atoms with E-state index in [1.54, 1.807) is 24.3 Å². The summed E-state index contributed by atoms with van der Waals surface area (Å²) < 4.78 is 20.7. The molecule has 2 N–H and O–H groups in total. The molecule has 3 rings (SSSR count). The molecule has 0 fully saturated rings. The topological polar surface area (TPSA) is 71.5 Å². The normalized spacial score (nSPS) is 22.2. The van der Waals surface area contributed by atoms with Crippen LogP contribution in [-0.2, 0) is 17.0 Å². The molecule has 0 aliphatic heterocycles. The van der Waals surface area contributed by atoms with Crippen LogP contribution in [0.25, 0.3) is 0 Å². The third-order valence-corrected chi connectivity index (χ3v) is 4.78. The number of aliphatic hydroxyl groups excluding tert-OH is 1. The van der Waals surface area contributed by atoms with Gasteiger partial charge in [-0.25, -0.2) is 4.39 Å². The number of hydrogen-bond donors (Lipinski definition) is 2. The minimum Gasteiger partial charge on any atom is -0.496 e. The lowest BCUT2D eigenvalue weighted by Gasteiger charge is -2.32. The number of nitrogens with zero attached hydrogens (tertiary/aromatic N) is 1. The number of pyridine rings is 1. The van der Waals surface area contributed by atoms with Crippen LogP contribution in [0.1, 0.15) is 35.8 Å². The summed E-state index contributed by atoms with van der Waals surface area (Å²) in [4.78, 5) is 16.6. The molecule has 25 heavy (non-hydrogen) atoms. The standard InChI is InChI=1S/C18H18ClFN2O3/c1-25-15-6-2-5-13(19)11(15)10-22-17(24)18(20)8-7-14(23)16-12(18)4-3-9-21-16/h2-6,9,14,23H,7-8,10H2,1H3,(H,22,24). The van der Waals surface area contributed by atoms with E-state index in [1.165, 1.54) is 19.4 Å². The predicted octanol–water partition coefficient (Wildman–Crippen LogP) is 3.05. The van der Waals surface area contributed by atoms with Gasteiger partial charge in [0.2, 0.25) is 5.67 Å². The number of amides is 1. The molecule has 2 unspecified atom stereocenters. The number of ether oxygens (including phenoxy) is 1. The van der Waals surface area contributed by atoms with E-state index >= 15 is 4.39 Å². The first-order valence-corrected chi connectivity index (χ1v) is 8.27. The van der Waals surface area contributed by atoms with E-state index in [0.717, 1.165) is 0 Å². The summed E-state index contributed by atoms with van der Waals surface area (Å²) in [5.74, 6) is -0.266. The van der Waals surface area contributed by atoms with Gasteiger partial charge in [0.15, 0.2) is 0 Å². The highest BCUT2D eigenvalue weighted by atomic mass is 35.5. The van der Waals surface area contributed by atoms with E-state index in [4.69, 9.17) is 16.3 Å².